The summed E-state index contributed by atoms with van der Waals surface area (Å²) in [5.41, 5.74) is 1.82. The van der Waals surface area contributed by atoms with Crippen molar-refractivity contribution in [2.75, 3.05) is 39.0 Å². The van der Waals surface area contributed by atoms with Crippen molar-refractivity contribution in [3.05, 3.63) is 47.7 Å². The number of hydrogen-bond donors (Lipinski definition) is 1. The molecule has 2 aromatic rings. The van der Waals surface area contributed by atoms with E-state index in [-0.39, 0.29) is 18.4 Å². The third kappa shape index (κ3) is 7.15. The van der Waals surface area contributed by atoms with E-state index in [0.717, 1.165) is 12.8 Å². The first-order chi connectivity index (χ1) is 13.5. The second-order valence-corrected chi connectivity index (χ2v) is 7.12. The number of nitrogens with one attached hydrogen (secondary N) is 1. The summed E-state index contributed by atoms with van der Waals surface area (Å²) in [6.45, 7) is 3.26. The lowest BCUT2D eigenvalue weighted by Gasteiger charge is -2.24. The van der Waals surface area contributed by atoms with Gasteiger partial charge >= 0.3 is 0 Å². The van der Waals surface area contributed by atoms with E-state index in [1.54, 1.807) is 11.0 Å². The summed E-state index contributed by atoms with van der Waals surface area (Å²) in [7, 11) is 3.87. The van der Waals surface area contributed by atoms with Gasteiger partial charge in [0.1, 0.15) is 12.8 Å². The van der Waals surface area contributed by atoms with Crippen molar-refractivity contribution < 1.29 is 14.1 Å². The molecule has 152 valence electrons. The Balaban J connectivity index is 2.02. The molecule has 0 spiro atoms. The van der Waals surface area contributed by atoms with Crippen LogP contribution < -0.4 is 5.32 Å². The summed E-state index contributed by atoms with van der Waals surface area (Å²) in [5.74, 6) is -0.129. The van der Waals surface area contributed by atoms with Crippen LogP contribution in [0.1, 0.15) is 42.1 Å². The van der Waals surface area contributed by atoms with Gasteiger partial charge in [0, 0.05) is 24.7 Å². The highest BCUT2D eigenvalue weighted by atomic mass is 16.5. The van der Waals surface area contributed by atoms with Crippen LogP contribution in [0.5, 0.6) is 0 Å². The number of aryl methyl sites for hydroxylation is 1. The zero-order chi connectivity index (χ0) is 20.4. The van der Waals surface area contributed by atoms with Crippen molar-refractivity contribution in [3.63, 3.8) is 0 Å². The fourth-order valence-corrected chi connectivity index (χ4v) is 2.78. The molecule has 0 fully saturated rings. The SMILES string of the molecule is CCCCCc1ccc(C(=O)N(CCN(C)C)CC(=O)Nc2ccon2)cc1. The Morgan fingerprint density at radius 2 is 1.82 bits per heavy atom. The zero-order valence-electron chi connectivity index (χ0n) is 17.0. The maximum atomic E-state index is 13.0. The van der Waals surface area contributed by atoms with Gasteiger partial charge in [-0.15, -0.1) is 0 Å². The van der Waals surface area contributed by atoms with E-state index >= 15 is 0 Å². The molecule has 7 heteroatoms. The van der Waals surface area contributed by atoms with Crippen LogP contribution >= 0.6 is 0 Å². The monoisotopic (exact) mass is 386 g/mol. The quantitative estimate of drug-likeness (QED) is 0.601. The molecule has 28 heavy (non-hydrogen) atoms. The highest BCUT2D eigenvalue weighted by Gasteiger charge is 2.19. The molecular formula is C21H30N4O3. The van der Waals surface area contributed by atoms with E-state index < -0.39 is 0 Å². The third-order valence-electron chi connectivity index (χ3n) is 4.41. The molecule has 0 aliphatic heterocycles. The van der Waals surface area contributed by atoms with Crippen LogP contribution in [0.4, 0.5) is 5.82 Å². The molecule has 2 amide bonds. The van der Waals surface area contributed by atoms with E-state index in [2.05, 4.69) is 17.4 Å². The van der Waals surface area contributed by atoms with E-state index in [1.165, 1.54) is 24.7 Å². The van der Waals surface area contributed by atoms with Gasteiger partial charge in [-0.05, 0) is 44.6 Å². The van der Waals surface area contributed by atoms with Crippen LogP contribution in [0, 0.1) is 0 Å². The first-order valence-electron chi connectivity index (χ1n) is 9.72. The number of benzene rings is 1. The van der Waals surface area contributed by atoms with Gasteiger partial charge in [0.2, 0.25) is 5.91 Å². The minimum Gasteiger partial charge on any atom is -0.363 e. The van der Waals surface area contributed by atoms with Crippen molar-refractivity contribution in [1.82, 2.24) is 15.0 Å². The summed E-state index contributed by atoms with van der Waals surface area (Å²) in [6, 6.07) is 9.26. The second kappa shape index (κ2) is 11.2. The summed E-state index contributed by atoms with van der Waals surface area (Å²) in [4.78, 5) is 28.8. The Morgan fingerprint density at radius 3 is 2.43 bits per heavy atom. The lowest BCUT2D eigenvalue weighted by Crippen LogP contribution is -2.41. The Labute approximate surface area is 166 Å². The normalized spacial score (nSPS) is 10.9. The Hall–Kier alpha value is -2.67. The molecule has 2 rings (SSSR count). The number of unbranched alkanes of at least 4 members (excludes halogenated alkanes) is 2. The number of carbonyl (C=O) groups excluding carboxylic acids is 2. The molecule has 1 aromatic heterocycles. The number of amides is 2. The molecule has 0 saturated heterocycles. The van der Waals surface area contributed by atoms with Crippen molar-refractivity contribution >= 4 is 17.6 Å². The average Bonchev–Trinajstić information content (AvgIpc) is 3.18. The van der Waals surface area contributed by atoms with Crippen LogP contribution in [0.3, 0.4) is 0 Å². The molecule has 0 bridgehead atoms. The predicted molar refractivity (Wildman–Crippen MR) is 109 cm³/mol. The topological polar surface area (TPSA) is 78.7 Å². The van der Waals surface area contributed by atoms with Crippen LogP contribution in [0.15, 0.2) is 41.1 Å². The molecule has 0 atom stereocenters. The molecule has 0 aliphatic carbocycles. The first kappa shape index (κ1) is 21.6. The maximum absolute atomic E-state index is 13.0. The van der Waals surface area contributed by atoms with Crippen molar-refractivity contribution in [2.45, 2.75) is 32.6 Å². The van der Waals surface area contributed by atoms with Crippen molar-refractivity contribution in [3.8, 4) is 0 Å². The Kier molecular flexibility index (Phi) is 8.68. The van der Waals surface area contributed by atoms with Crippen LogP contribution in [0.25, 0.3) is 0 Å². The zero-order valence-corrected chi connectivity index (χ0v) is 17.0. The van der Waals surface area contributed by atoms with Crippen LogP contribution in [-0.2, 0) is 11.2 Å². The van der Waals surface area contributed by atoms with Gasteiger partial charge in [0.05, 0.1) is 0 Å². The molecule has 0 aliphatic rings. The summed E-state index contributed by atoms with van der Waals surface area (Å²) in [5, 5.41) is 6.30. The molecule has 1 aromatic carbocycles. The maximum Gasteiger partial charge on any atom is 0.254 e. The largest absolute Gasteiger partial charge is 0.363 e. The van der Waals surface area contributed by atoms with E-state index in [1.807, 2.05) is 43.3 Å². The second-order valence-electron chi connectivity index (χ2n) is 7.12. The third-order valence-corrected chi connectivity index (χ3v) is 4.41. The van der Waals surface area contributed by atoms with E-state index in [4.69, 9.17) is 4.52 Å². The molecule has 0 radical (unpaired) electrons. The fraction of sp³-hybridized carbons (Fsp3) is 0.476. The fourth-order valence-electron chi connectivity index (χ4n) is 2.78. The summed E-state index contributed by atoms with van der Waals surface area (Å²) in [6.07, 6.45) is 5.95. The van der Waals surface area contributed by atoms with Gasteiger partial charge in [-0.1, -0.05) is 37.1 Å². The summed E-state index contributed by atoms with van der Waals surface area (Å²) < 4.78 is 4.71. The first-order valence-corrected chi connectivity index (χ1v) is 9.72. The number of nitrogens with zero attached hydrogens (tertiary/aromatic N) is 3. The number of hydrogen-bond acceptors (Lipinski definition) is 5. The molecular weight excluding hydrogens is 356 g/mol. The number of anilines is 1. The molecule has 0 unspecified atom stereocenters. The van der Waals surface area contributed by atoms with Gasteiger partial charge in [0.25, 0.3) is 5.91 Å². The van der Waals surface area contributed by atoms with Gasteiger partial charge < -0.3 is 19.6 Å². The summed E-state index contributed by atoms with van der Waals surface area (Å²) >= 11 is 0. The lowest BCUT2D eigenvalue weighted by atomic mass is 10.0. The molecule has 0 saturated carbocycles. The molecule has 1 heterocycles. The lowest BCUT2D eigenvalue weighted by molar-refractivity contribution is -0.117. The van der Waals surface area contributed by atoms with Crippen molar-refractivity contribution in [1.29, 1.82) is 0 Å². The minimum atomic E-state index is -0.308. The Bertz CT molecular complexity index is 727. The number of likely N-dealkylation sites (N-methyl/N-ethyl adjacent to an activating group) is 1. The molecule has 7 nitrogen and oxygen atoms in total. The van der Waals surface area contributed by atoms with Crippen LogP contribution in [-0.4, -0.2) is 60.5 Å². The van der Waals surface area contributed by atoms with Gasteiger partial charge in [-0.3, -0.25) is 9.59 Å². The van der Waals surface area contributed by atoms with Crippen LogP contribution in [0.2, 0.25) is 0 Å². The Morgan fingerprint density at radius 1 is 1.07 bits per heavy atom. The smallest absolute Gasteiger partial charge is 0.254 e. The van der Waals surface area contributed by atoms with Crippen molar-refractivity contribution in [2.24, 2.45) is 0 Å². The average molecular weight is 386 g/mol. The number of rotatable bonds is 11. The molecule has 1 N–H and O–H groups in total. The van der Waals surface area contributed by atoms with Gasteiger partial charge in [-0.25, -0.2) is 0 Å². The number of carbonyl (C=O) groups is 2. The van der Waals surface area contributed by atoms with E-state index in [0.29, 0.717) is 24.5 Å². The number of aromatic nitrogens is 1. The van der Waals surface area contributed by atoms with Gasteiger partial charge in [-0.2, -0.15) is 0 Å². The highest BCUT2D eigenvalue weighted by Crippen LogP contribution is 2.11. The van der Waals surface area contributed by atoms with E-state index in [9.17, 15) is 9.59 Å². The minimum absolute atomic E-state index is 0.0439. The predicted octanol–water partition coefficient (Wildman–Crippen LogP) is 3.05. The highest BCUT2D eigenvalue weighted by molar-refractivity contribution is 5.99. The standard InChI is InChI=1S/C21H30N4O3/c1-4-5-6-7-17-8-10-18(11-9-17)21(27)25(14-13-24(2)3)16-20(26)22-19-12-15-28-23-19/h8-12,15H,4-7,13-14,16H2,1-3H3,(H,22,23,26). The van der Waals surface area contributed by atoms with Gasteiger partial charge in [0.15, 0.2) is 5.82 Å².